The van der Waals surface area contributed by atoms with Crippen LogP contribution in [0.15, 0.2) is 53.0 Å². The van der Waals surface area contributed by atoms with Gasteiger partial charge in [-0.3, -0.25) is 14.5 Å². The van der Waals surface area contributed by atoms with Crippen molar-refractivity contribution in [2.24, 2.45) is 0 Å². The molecule has 118 valence electrons. The number of nitrogens with one attached hydrogen (secondary N) is 1. The minimum Gasteiger partial charge on any atom is -0.323 e. The van der Waals surface area contributed by atoms with E-state index in [0.717, 1.165) is 15.7 Å². The molecular formula is C18H17BrN2O2. The number of rotatable bonds is 3. The van der Waals surface area contributed by atoms with Crippen molar-refractivity contribution in [3.63, 3.8) is 0 Å². The highest BCUT2D eigenvalue weighted by Crippen LogP contribution is 2.29. The van der Waals surface area contributed by atoms with E-state index < -0.39 is 6.04 Å². The molecule has 1 atom stereocenters. The summed E-state index contributed by atoms with van der Waals surface area (Å²) >= 11 is 3.46. The lowest BCUT2D eigenvalue weighted by atomic mass is 10.1. The van der Waals surface area contributed by atoms with E-state index >= 15 is 0 Å². The first-order chi connectivity index (χ1) is 11.1. The Morgan fingerprint density at radius 1 is 1.22 bits per heavy atom. The van der Waals surface area contributed by atoms with E-state index in [4.69, 9.17) is 0 Å². The predicted octanol–water partition coefficient (Wildman–Crippen LogP) is 3.89. The van der Waals surface area contributed by atoms with Crippen LogP contribution < -0.4 is 10.2 Å². The molecule has 1 saturated heterocycles. The minimum absolute atomic E-state index is 0.0145. The van der Waals surface area contributed by atoms with E-state index in [1.807, 2.05) is 55.5 Å². The van der Waals surface area contributed by atoms with Gasteiger partial charge in [-0.15, -0.1) is 0 Å². The zero-order valence-corrected chi connectivity index (χ0v) is 14.3. The van der Waals surface area contributed by atoms with E-state index in [1.54, 1.807) is 4.90 Å². The fourth-order valence-corrected chi connectivity index (χ4v) is 3.37. The fourth-order valence-electron chi connectivity index (χ4n) is 2.78. The average Bonchev–Trinajstić information content (AvgIpc) is 2.92. The number of hydrogen-bond acceptors (Lipinski definition) is 2. The van der Waals surface area contributed by atoms with Gasteiger partial charge in [0, 0.05) is 16.6 Å². The highest BCUT2D eigenvalue weighted by Gasteiger charge is 2.37. The minimum atomic E-state index is -0.474. The van der Waals surface area contributed by atoms with E-state index in [2.05, 4.69) is 21.2 Å². The molecule has 23 heavy (non-hydrogen) atoms. The van der Waals surface area contributed by atoms with E-state index in [0.29, 0.717) is 18.5 Å². The van der Waals surface area contributed by atoms with Gasteiger partial charge in [-0.25, -0.2) is 0 Å². The van der Waals surface area contributed by atoms with Crippen molar-refractivity contribution in [3.8, 4) is 0 Å². The van der Waals surface area contributed by atoms with Crippen LogP contribution in [0.25, 0.3) is 0 Å². The Labute approximate surface area is 143 Å². The zero-order chi connectivity index (χ0) is 16.4. The first-order valence-corrected chi connectivity index (χ1v) is 8.29. The molecule has 0 aromatic heterocycles. The molecule has 5 heteroatoms. The highest BCUT2D eigenvalue weighted by molar-refractivity contribution is 9.10. The predicted molar refractivity (Wildman–Crippen MR) is 94.5 cm³/mol. The van der Waals surface area contributed by atoms with Crippen LogP contribution >= 0.6 is 15.9 Å². The van der Waals surface area contributed by atoms with Crippen molar-refractivity contribution in [3.05, 3.63) is 58.6 Å². The van der Waals surface area contributed by atoms with Crippen LogP contribution in [-0.2, 0) is 9.59 Å². The van der Waals surface area contributed by atoms with Gasteiger partial charge in [-0.05, 0) is 59.1 Å². The molecule has 1 N–H and O–H groups in total. The van der Waals surface area contributed by atoms with Crippen LogP contribution in [0.3, 0.4) is 0 Å². The van der Waals surface area contributed by atoms with Crippen molar-refractivity contribution >= 4 is 39.1 Å². The summed E-state index contributed by atoms with van der Waals surface area (Å²) in [6, 6.07) is 14.6. The molecule has 1 aliphatic rings. The number of hydrogen-bond donors (Lipinski definition) is 1. The number of carbonyl (C=O) groups is 2. The molecule has 1 fully saturated rings. The summed E-state index contributed by atoms with van der Waals surface area (Å²) in [5.41, 5.74) is 2.59. The summed E-state index contributed by atoms with van der Waals surface area (Å²) in [6.07, 6.45) is 0.922. The van der Waals surface area contributed by atoms with E-state index in [-0.39, 0.29) is 11.8 Å². The number of anilines is 2. The lowest BCUT2D eigenvalue weighted by Gasteiger charge is -2.24. The molecule has 1 unspecified atom stereocenters. The van der Waals surface area contributed by atoms with Crippen molar-refractivity contribution in [1.29, 1.82) is 0 Å². The summed E-state index contributed by atoms with van der Waals surface area (Å²) in [6.45, 7) is 1.99. The summed E-state index contributed by atoms with van der Waals surface area (Å²) < 4.78 is 0.835. The Bertz CT molecular complexity index is 746. The highest BCUT2D eigenvalue weighted by atomic mass is 79.9. The maximum Gasteiger partial charge on any atom is 0.247 e. The van der Waals surface area contributed by atoms with Gasteiger partial charge in [0.15, 0.2) is 0 Å². The first-order valence-electron chi connectivity index (χ1n) is 7.50. The van der Waals surface area contributed by atoms with Gasteiger partial charge in [0.2, 0.25) is 11.8 Å². The Balaban J connectivity index is 1.82. The second kappa shape index (κ2) is 6.54. The third-order valence-corrected chi connectivity index (χ3v) is 4.59. The van der Waals surface area contributed by atoms with Crippen molar-refractivity contribution in [2.75, 3.05) is 10.2 Å². The van der Waals surface area contributed by atoms with Gasteiger partial charge >= 0.3 is 0 Å². The normalized spacial score (nSPS) is 17.4. The maximum absolute atomic E-state index is 12.7. The number of para-hydroxylation sites is 1. The largest absolute Gasteiger partial charge is 0.323 e. The Hall–Kier alpha value is -2.14. The summed E-state index contributed by atoms with van der Waals surface area (Å²) in [4.78, 5) is 26.4. The van der Waals surface area contributed by atoms with Gasteiger partial charge in [0.25, 0.3) is 0 Å². The Kier molecular flexibility index (Phi) is 4.48. The molecule has 0 aliphatic carbocycles. The first kappa shape index (κ1) is 15.7. The number of carbonyl (C=O) groups excluding carboxylic acids is 2. The molecule has 2 aromatic carbocycles. The second-order valence-electron chi connectivity index (χ2n) is 5.63. The zero-order valence-electron chi connectivity index (χ0n) is 12.8. The lowest BCUT2D eigenvalue weighted by Crippen LogP contribution is -2.41. The number of nitrogens with zero attached hydrogens (tertiary/aromatic N) is 1. The molecule has 0 saturated carbocycles. The van der Waals surface area contributed by atoms with Crippen LogP contribution in [0.2, 0.25) is 0 Å². The molecule has 0 bridgehead atoms. The molecule has 2 aromatic rings. The van der Waals surface area contributed by atoms with Gasteiger partial charge < -0.3 is 5.32 Å². The Morgan fingerprint density at radius 2 is 1.96 bits per heavy atom. The third kappa shape index (κ3) is 3.29. The van der Waals surface area contributed by atoms with Crippen molar-refractivity contribution in [2.45, 2.75) is 25.8 Å². The van der Waals surface area contributed by atoms with Crippen LogP contribution in [0.1, 0.15) is 18.4 Å². The SMILES string of the molecule is Cc1ccc(NC(=O)C2CCC(=O)N2c2ccccc2)c(Br)c1. The van der Waals surface area contributed by atoms with Crippen LogP contribution in [0, 0.1) is 6.92 Å². The fraction of sp³-hybridized carbons (Fsp3) is 0.222. The number of aryl methyl sites for hydroxylation is 1. The smallest absolute Gasteiger partial charge is 0.247 e. The monoisotopic (exact) mass is 372 g/mol. The maximum atomic E-state index is 12.7. The van der Waals surface area contributed by atoms with Crippen molar-refractivity contribution < 1.29 is 9.59 Å². The van der Waals surface area contributed by atoms with Crippen LogP contribution in [-0.4, -0.2) is 17.9 Å². The number of benzene rings is 2. The molecular weight excluding hydrogens is 356 g/mol. The molecule has 3 rings (SSSR count). The molecule has 1 heterocycles. The average molecular weight is 373 g/mol. The topological polar surface area (TPSA) is 49.4 Å². The lowest BCUT2D eigenvalue weighted by molar-refractivity contribution is -0.120. The van der Waals surface area contributed by atoms with Gasteiger partial charge in [0.05, 0.1) is 5.69 Å². The molecule has 4 nitrogen and oxygen atoms in total. The molecule has 2 amide bonds. The van der Waals surface area contributed by atoms with Gasteiger partial charge in [-0.1, -0.05) is 24.3 Å². The Morgan fingerprint density at radius 3 is 2.65 bits per heavy atom. The number of amides is 2. The summed E-state index contributed by atoms with van der Waals surface area (Å²) in [5, 5.41) is 2.92. The summed E-state index contributed by atoms with van der Waals surface area (Å²) in [5.74, 6) is -0.177. The van der Waals surface area contributed by atoms with Crippen LogP contribution in [0.4, 0.5) is 11.4 Å². The third-order valence-electron chi connectivity index (χ3n) is 3.93. The molecule has 0 spiro atoms. The second-order valence-corrected chi connectivity index (χ2v) is 6.48. The quantitative estimate of drug-likeness (QED) is 0.888. The molecule has 0 radical (unpaired) electrons. The van der Waals surface area contributed by atoms with E-state index in [9.17, 15) is 9.59 Å². The van der Waals surface area contributed by atoms with Crippen molar-refractivity contribution in [1.82, 2.24) is 0 Å². The standard InChI is InChI=1S/C18H17BrN2O2/c1-12-7-8-15(14(19)11-12)20-18(23)16-9-10-17(22)21(16)13-5-3-2-4-6-13/h2-8,11,16H,9-10H2,1H3,(H,20,23). The number of halogens is 1. The molecule has 1 aliphatic heterocycles. The van der Waals surface area contributed by atoms with Crippen LogP contribution in [0.5, 0.6) is 0 Å². The van der Waals surface area contributed by atoms with Gasteiger partial charge in [0.1, 0.15) is 6.04 Å². The summed E-state index contributed by atoms with van der Waals surface area (Å²) in [7, 11) is 0. The van der Waals surface area contributed by atoms with Gasteiger partial charge in [-0.2, -0.15) is 0 Å². The van der Waals surface area contributed by atoms with E-state index in [1.165, 1.54) is 0 Å².